The number of rotatable bonds is 10. The smallest absolute Gasteiger partial charge is 0.0551 e. The molecule has 0 saturated heterocycles. The zero-order valence-electron chi connectivity index (χ0n) is 12.3. The lowest BCUT2D eigenvalue weighted by atomic mass is 10.00. The van der Waals surface area contributed by atoms with E-state index in [1.165, 1.54) is 24.8 Å². The first-order valence-electron chi connectivity index (χ1n) is 7.48. The van der Waals surface area contributed by atoms with Crippen molar-refractivity contribution in [2.45, 2.75) is 51.5 Å². The second kappa shape index (κ2) is 10.4. The van der Waals surface area contributed by atoms with E-state index in [2.05, 4.69) is 46.9 Å². The molecule has 0 fully saturated rings. The number of unbranched alkanes of at least 4 members (excludes halogenated alkanes) is 3. The minimum absolute atomic E-state index is 0.407. The van der Waals surface area contributed by atoms with E-state index in [1.54, 1.807) is 0 Å². The van der Waals surface area contributed by atoms with Gasteiger partial charge in [0.15, 0.2) is 0 Å². The molecule has 112 valence electrons. The van der Waals surface area contributed by atoms with Crippen molar-refractivity contribution in [3.8, 4) is 0 Å². The van der Waals surface area contributed by atoms with Crippen LogP contribution in [0.4, 0.5) is 0 Å². The Kier molecular flexibility index (Phi) is 9.24. The first-order valence-corrected chi connectivity index (χ1v) is 8.65. The van der Waals surface area contributed by atoms with Crippen molar-refractivity contribution in [1.82, 2.24) is 5.32 Å². The van der Waals surface area contributed by atoms with Gasteiger partial charge >= 0.3 is 0 Å². The molecule has 1 nitrogen and oxygen atoms in total. The van der Waals surface area contributed by atoms with Crippen molar-refractivity contribution in [2.75, 3.05) is 6.54 Å². The number of halogens is 2. The van der Waals surface area contributed by atoms with Gasteiger partial charge in [0.25, 0.3) is 0 Å². The Morgan fingerprint density at radius 2 is 2.15 bits per heavy atom. The van der Waals surface area contributed by atoms with E-state index in [0.29, 0.717) is 6.04 Å². The Balaban J connectivity index is 2.57. The predicted molar refractivity (Wildman–Crippen MR) is 93.5 cm³/mol. The van der Waals surface area contributed by atoms with Gasteiger partial charge in [0.2, 0.25) is 0 Å². The van der Waals surface area contributed by atoms with Gasteiger partial charge in [0.1, 0.15) is 0 Å². The molecule has 1 unspecified atom stereocenters. The van der Waals surface area contributed by atoms with Crippen LogP contribution in [0.1, 0.15) is 57.1 Å². The Hall–Kier alpha value is -0.310. The van der Waals surface area contributed by atoms with Gasteiger partial charge in [-0.05, 0) is 65.9 Å². The molecule has 0 radical (unpaired) electrons. The minimum atomic E-state index is 0.407. The fourth-order valence-electron chi connectivity index (χ4n) is 2.25. The van der Waals surface area contributed by atoms with Crippen molar-refractivity contribution in [3.05, 3.63) is 45.9 Å². The second-order valence-corrected chi connectivity index (χ2v) is 6.37. The van der Waals surface area contributed by atoms with Crippen LogP contribution >= 0.6 is 27.5 Å². The largest absolute Gasteiger partial charge is 0.310 e. The molecule has 0 saturated carbocycles. The van der Waals surface area contributed by atoms with Crippen LogP contribution < -0.4 is 5.32 Å². The van der Waals surface area contributed by atoms with Crippen molar-refractivity contribution in [3.63, 3.8) is 0 Å². The third-order valence-electron chi connectivity index (χ3n) is 3.39. The van der Waals surface area contributed by atoms with Gasteiger partial charge < -0.3 is 5.32 Å². The van der Waals surface area contributed by atoms with Crippen LogP contribution in [0.2, 0.25) is 5.02 Å². The summed E-state index contributed by atoms with van der Waals surface area (Å²) in [5.74, 6) is 0. The summed E-state index contributed by atoms with van der Waals surface area (Å²) in [5, 5.41) is 4.42. The normalized spacial score (nSPS) is 12.3. The fourth-order valence-corrected chi connectivity index (χ4v) is 2.68. The predicted octanol–water partition coefficient (Wildman–Crippen LogP) is 6.28. The van der Waals surface area contributed by atoms with Crippen molar-refractivity contribution in [1.29, 1.82) is 0 Å². The highest BCUT2D eigenvalue weighted by Gasteiger charge is 2.11. The average molecular weight is 359 g/mol. The van der Waals surface area contributed by atoms with E-state index < -0.39 is 0 Å². The molecule has 1 rings (SSSR count). The maximum absolute atomic E-state index is 6.21. The number of benzene rings is 1. The number of allylic oxidation sites excluding steroid dienone is 1. The van der Waals surface area contributed by atoms with Crippen LogP contribution in [-0.4, -0.2) is 6.54 Å². The molecular weight excluding hydrogens is 334 g/mol. The minimum Gasteiger partial charge on any atom is -0.310 e. The number of nitrogens with one attached hydrogen (secondary N) is 1. The maximum atomic E-state index is 6.21. The van der Waals surface area contributed by atoms with E-state index in [-0.39, 0.29) is 0 Å². The quantitative estimate of drug-likeness (QED) is 0.383. The topological polar surface area (TPSA) is 12.0 Å². The van der Waals surface area contributed by atoms with E-state index in [1.807, 2.05) is 12.1 Å². The number of hydrogen-bond acceptors (Lipinski definition) is 1. The standard InChI is InChI=1S/C17H25BrClN/c1-3-5-6-7-8-9-17(20-12-4-2)14-10-11-15(18)16(19)13-14/h3,10-11,13,17,20H,1,4-9,12H2,2H3. The molecule has 1 atom stereocenters. The van der Waals surface area contributed by atoms with Gasteiger partial charge in [-0.2, -0.15) is 0 Å². The lowest BCUT2D eigenvalue weighted by Crippen LogP contribution is -2.22. The van der Waals surface area contributed by atoms with Crippen LogP contribution in [0, 0.1) is 0 Å². The molecule has 3 heteroatoms. The maximum Gasteiger partial charge on any atom is 0.0551 e. The SMILES string of the molecule is C=CCCCCCC(NCCC)c1ccc(Br)c(Cl)c1. The molecule has 20 heavy (non-hydrogen) atoms. The highest BCUT2D eigenvalue weighted by atomic mass is 79.9. The summed E-state index contributed by atoms with van der Waals surface area (Å²) in [6.07, 6.45) is 9.18. The highest BCUT2D eigenvalue weighted by Crippen LogP contribution is 2.28. The van der Waals surface area contributed by atoms with Crippen LogP contribution in [-0.2, 0) is 0 Å². The third kappa shape index (κ3) is 6.43. The molecule has 0 heterocycles. The molecule has 0 amide bonds. The van der Waals surface area contributed by atoms with E-state index in [9.17, 15) is 0 Å². The zero-order chi connectivity index (χ0) is 14.8. The summed E-state index contributed by atoms with van der Waals surface area (Å²) in [5.41, 5.74) is 1.29. The highest BCUT2D eigenvalue weighted by molar-refractivity contribution is 9.10. The van der Waals surface area contributed by atoms with Gasteiger partial charge in [-0.1, -0.05) is 43.5 Å². The summed E-state index contributed by atoms with van der Waals surface area (Å²) in [6, 6.07) is 6.68. The van der Waals surface area contributed by atoms with Gasteiger partial charge in [0, 0.05) is 10.5 Å². The molecule has 1 N–H and O–H groups in total. The Bertz CT molecular complexity index is 406. The van der Waals surface area contributed by atoms with Crippen LogP contribution in [0.5, 0.6) is 0 Å². The summed E-state index contributed by atoms with van der Waals surface area (Å²) in [7, 11) is 0. The summed E-state index contributed by atoms with van der Waals surface area (Å²) >= 11 is 9.66. The van der Waals surface area contributed by atoms with Crippen molar-refractivity contribution >= 4 is 27.5 Å². The monoisotopic (exact) mass is 357 g/mol. The summed E-state index contributed by atoms with van der Waals surface area (Å²) in [6.45, 7) is 7.01. The molecule has 0 bridgehead atoms. The molecule has 0 spiro atoms. The van der Waals surface area contributed by atoms with Crippen LogP contribution in [0.3, 0.4) is 0 Å². The Morgan fingerprint density at radius 3 is 2.80 bits per heavy atom. The zero-order valence-corrected chi connectivity index (χ0v) is 14.6. The van der Waals surface area contributed by atoms with E-state index >= 15 is 0 Å². The van der Waals surface area contributed by atoms with Crippen LogP contribution in [0.25, 0.3) is 0 Å². The van der Waals surface area contributed by atoms with Crippen molar-refractivity contribution < 1.29 is 0 Å². The third-order valence-corrected chi connectivity index (χ3v) is 4.62. The summed E-state index contributed by atoms with van der Waals surface area (Å²) in [4.78, 5) is 0. The molecular formula is C17H25BrClN. The van der Waals surface area contributed by atoms with E-state index in [0.717, 1.165) is 35.3 Å². The van der Waals surface area contributed by atoms with Gasteiger partial charge in [0.05, 0.1) is 5.02 Å². The van der Waals surface area contributed by atoms with Gasteiger partial charge in [-0.25, -0.2) is 0 Å². The fraction of sp³-hybridized carbons (Fsp3) is 0.529. The second-order valence-electron chi connectivity index (χ2n) is 5.11. The molecule has 1 aromatic rings. The molecule has 0 aromatic heterocycles. The molecule has 0 aliphatic carbocycles. The van der Waals surface area contributed by atoms with Crippen LogP contribution in [0.15, 0.2) is 35.3 Å². The van der Waals surface area contributed by atoms with Gasteiger partial charge in [-0.15, -0.1) is 6.58 Å². The van der Waals surface area contributed by atoms with Gasteiger partial charge in [-0.3, -0.25) is 0 Å². The molecule has 0 aliphatic rings. The van der Waals surface area contributed by atoms with Crippen molar-refractivity contribution in [2.24, 2.45) is 0 Å². The lowest BCUT2D eigenvalue weighted by Gasteiger charge is -2.19. The molecule has 1 aromatic carbocycles. The summed E-state index contributed by atoms with van der Waals surface area (Å²) < 4.78 is 0.961. The molecule has 0 aliphatic heterocycles. The first kappa shape index (κ1) is 17.7. The van der Waals surface area contributed by atoms with E-state index in [4.69, 9.17) is 11.6 Å². The first-order chi connectivity index (χ1) is 9.69. The average Bonchev–Trinajstić information content (AvgIpc) is 2.45. The number of hydrogen-bond donors (Lipinski definition) is 1. The Morgan fingerprint density at radius 1 is 1.35 bits per heavy atom. The Labute approximate surface area is 136 Å². The lowest BCUT2D eigenvalue weighted by molar-refractivity contribution is 0.472.